The van der Waals surface area contributed by atoms with Gasteiger partial charge in [-0.15, -0.1) is 0 Å². The molecule has 1 saturated heterocycles. The van der Waals surface area contributed by atoms with Gasteiger partial charge in [0.15, 0.2) is 0 Å². The summed E-state index contributed by atoms with van der Waals surface area (Å²) in [5, 5.41) is 5.10. The van der Waals surface area contributed by atoms with E-state index in [1.165, 1.54) is 12.0 Å². The molecule has 4 rings (SSSR count). The van der Waals surface area contributed by atoms with E-state index in [0.717, 1.165) is 49.7 Å². The molecule has 122 valence electrons. The van der Waals surface area contributed by atoms with Crippen LogP contribution in [-0.4, -0.2) is 34.4 Å². The van der Waals surface area contributed by atoms with Crippen molar-refractivity contribution < 1.29 is 4.74 Å². The third kappa shape index (κ3) is 3.10. The third-order valence-corrected chi connectivity index (χ3v) is 5.24. The van der Waals surface area contributed by atoms with Gasteiger partial charge < -0.3 is 4.74 Å². The number of nitrogens with zero attached hydrogens (tertiary/aromatic N) is 3. The first-order valence-electron chi connectivity index (χ1n) is 8.47. The highest BCUT2D eigenvalue weighted by atomic mass is 35.5. The summed E-state index contributed by atoms with van der Waals surface area (Å²) in [5.41, 5.74) is 1.35. The number of benzene rings is 1. The molecule has 2 aliphatic heterocycles. The van der Waals surface area contributed by atoms with Crippen LogP contribution in [-0.2, 0) is 0 Å². The summed E-state index contributed by atoms with van der Waals surface area (Å²) in [5.74, 6) is 1.07. The first-order chi connectivity index (χ1) is 11.3. The molecule has 23 heavy (non-hydrogen) atoms. The smallest absolute Gasteiger partial charge is 0.124 e. The second-order valence-corrected chi connectivity index (χ2v) is 6.89. The fraction of sp³-hybridized carbons (Fsp3) is 0.500. The topological polar surface area (TPSA) is 30.3 Å². The summed E-state index contributed by atoms with van der Waals surface area (Å²) in [7, 11) is 0. The first kappa shape index (κ1) is 15.0. The lowest BCUT2D eigenvalue weighted by molar-refractivity contribution is 0.124. The number of halogens is 1. The molecule has 2 aliphatic rings. The van der Waals surface area contributed by atoms with Gasteiger partial charge in [-0.1, -0.05) is 29.8 Å². The van der Waals surface area contributed by atoms with Crippen LogP contribution < -0.4 is 4.74 Å². The predicted octanol–water partition coefficient (Wildman–Crippen LogP) is 4.09. The summed E-state index contributed by atoms with van der Waals surface area (Å²) < 4.78 is 7.94. The molecule has 0 bridgehead atoms. The van der Waals surface area contributed by atoms with Crippen LogP contribution in [0.25, 0.3) is 0 Å². The summed E-state index contributed by atoms with van der Waals surface area (Å²) in [4.78, 5) is 2.62. The van der Waals surface area contributed by atoms with Crippen LogP contribution in [0.4, 0.5) is 0 Å². The minimum Gasteiger partial charge on any atom is -0.493 e. The van der Waals surface area contributed by atoms with Crippen LogP contribution in [0, 0.1) is 0 Å². The molecular weight excluding hydrogens is 310 g/mol. The summed E-state index contributed by atoms with van der Waals surface area (Å²) in [6.07, 6.45) is 8.21. The van der Waals surface area contributed by atoms with Crippen LogP contribution in [0.3, 0.4) is 0 Å². The number of ether oxygens (including phenoxy) is 1. The molecule has 0 amide bonds. The minimum absolute atomic E-state index is 0.469. The van der Waals surface area contributed by atoms with Crippen molar-refractivity contribution in [1.82, 2.24) is 14.7 Å². The maximum atomic E-state index is 6.00. The van der Waals surface area contributed by atoms with E-state index in [2.05, 4.69) is 34.3 Å². The molecule has 0 aliphatic carbocycles. The summed E-state index contributed by atoms with van der Waals surface area (Å²) in [6, 6.07) is 9.47. The Balaban J connectivity index is 1.48. The van der Waals surface area contributed by atoms with Gasteiger partial charge >= 0.3 is 0 Å². The van der Waals surface area contributed by atoms with E-state index < -0.39 is 0 Å². The average Bonchev–Trinajstić information content (AvgIpc) is 2.91. The zero-order valence-electron chi connectivity index (χ0n) is 13.2. The minimum atomic E-state index is 0.469. The molecular formula is C18H22ClN3O. The van der Waals surface area contributed by atoms with Crippen LogP contribution in [0.15, 0.2) is 36.7 Å². The van der Waals surface area contributed by atoms with Crippen molar-refractivity contribution in [2.24, 2.45) is 0 Å². The molecule has 4 nitrogen and oxygen atoms in total. The van der Waals surface area contributed by atoms with Crippen molar-refractivity contribution in [2.75, 3.05) is 19.7 Å². The molecule has 0 N–H and O–H groups in total. The summed E-state index contributed by atoms with van der Waals surface area (Å²) >= 11 is 6.00. The van der Waals surface area contributed by atoms with Crippen molar-refractivity contribution in [3.63, 3.8) is 0 Å². The lowest BCUT2D eigenvalue weighted by Gasteiger charge is -2.37. The Kier molecular flexibility index (Phi) is 4.27. The standard InChI is InChI=1S/C18H22ClN3O/c19-14-12-20-22(13-14)15-7-9-21(10-8-15)17-5-3-11-23-18-6-2-1-4-16(17)18/h1-2,4,6,12-13,15,17H,3,5,7-11H2/t17-/m1/s1. The van der Waals surface area contributed by atoms with Crippen molar-refractivity contribution in [3.05, 3.63) is 47.2 Å². The molecule has 1 atom stereocenters. The molecule has 0 radical (unpaired) electrons. The van der Waals surface area contributed by atoms with Crippen molar-refractivity contribution >= 4 is 11.6 Å². The largest absolute Gasteiger partial charge is 0.493 e. The van der Waals surface area contributed by atoms with Crippen molar-refractivity contribution in [2.45, 2.75) is 37.8 Å². The van der Waals surface area contributed by atoms with E-state index >= 15 is 0 Å². The van der Waals surface area contributed by atoms with Crippen LogP contribution in [0.5, 0.6) is 5.75 Å². The van der Waals surface area contributed by atoms with Gasteiger partial charge in [0.2, 0.25) is 0 Å². The van der Waals surface area contributed by atoms with E-state index in [-0.39, 0.29) is 0 Å². The van der Waals surface area contributed by atoms with Crippen LogP contribution >= 0.6 is 11.6 Å². The van der Waals surface area contributed by atoms with Gasteiger partial charge in [-0.2, -0.15) is 5.10 Å². The fourth-order valence-corrected chi connectivity index (χ4v) is 4.00. The van der Waals surface area contributed by atoms with E-state index in [1.54, 1.807) is 6.20 Å². The van der Waals surface area contributed by atoms with Crippen molar-refractivity contribution in [3.8, 4) is 5.75 Å². The van der Waals surface area contributed by atoms with Gasteiger partial charge in [-0.3, -0.25) is 9.58 Å². The lowest BCUT2D eigenvalue weighted by atomic mass is 9.96. The second-order valence-electron chi connectivity index (χ2n) is 6.45. The monoisotopic (exact) mass is 331 g/mol. The predicted molar refractivity (Wildman–Crippen MR) is 91.0 cm³/mol. The van der Waals surface area contributed by atoms with Gasteiger partial charge in [-0.25, -0.2) is 0 Å². The van der Waals surface area contributed by atoms with E-state index in [1.807, 2.05) is 10.9 Å². The second kappa shape index (κ2) is 6.54. The SMILES string of the molecule is Clc1cnn(C2CCN([C@@H]3CCCOc4ccccc43)CC2)c1. The Bertz CT molecular complexity index is 664. The van der Waals surface area contributed by atoms with Gasteiger partial charge in [-0.05, 0) is 31.7 Å². The van der Waals surface area contributed by atoms with Gasteiger partial charge in [0.05, 0.1) is 23.9 Å². The van der Waals surface area contributed by atoms with Crippen molar-refractivity contribution in [1.29, 1.82) is 0 Å². The number of para-hydroxylation sites is 1. The Morgan fingerprint density at radius 2 is 1.96 bits per heavy atom. The van der Waals surface area contributed by atoms with E-state index in [9.17, 15) is 0 Å². The average molecular weight is 332 g/mol. The maximum Gasteiger partial charge on any atom is 0.124 e. The molecule has 5 heteroatoms. The number of rotatable bonds is 2. The Morgan fingerprint density at radius 3 is 2.74 bits per heavy atom. The van der Waals surface area contributed by atoms with Gasteiger partial charge in [0.25, 0.3) is 0 Å². The van der Waals surface area contributed by atoms with Gasteiger partial charge in [0.1, 0.15) is 5.75 Å². The number of likely N-dealkylation sites (tertiary alicyclic amines) is 1. The van der Waals surface area contributed by atoms with Gasteiger partial charge in [0, 0.05) is 30.9 Å². The fourth-order valence-electron chi connectivity index (χ4n) is 3.86. The Morgan fingerprint density at radius 1 is 1.13 bits per heavy atom. The zero-order chi connectivity index (χ0) is 15.6. The Hall–Kier alpha value is -1.52. The highest BCUT2D eigenvalue weighted by Gasteiger charge is 2.29. The quantitative estimate of drug-likeness (QED) is 0.830. The third-order valence-electron chi connectivity index (χ3n) is 5.04. The Labute approximate surface area is 142 Å². The number of fused-ring (bicyclic) bond motifs is 1. The lowest BCUT2D eigenvalue weighted by Crippen LogP contribution is -2.37. The molecule has 0 spiro atoms. The molecule has 2 aromatic rings. The number of aromatic nitrogens is 2. The normalized spacial score (nSPS) is 23.1. The molecule has 0 unspecified atom stereocenters. The van der Waals surface area contributed by atoms with E-state index in [4.69, 9.17) is 16.3 Å². The number of piperidine rings is 1. The van der Waals surface area contributed by atoms with Crippen LogP contribution in [0.1, 0.15) is 43.3 Å². The molecule has 1 aromatic carbocycles. The number of hydrogen-bond acceptors (Lipinski definition) is 3. The molecule has 1 fully saturated rings. The zero-order valence-corrected chi connectivity index (χ0v) is 14.0. The number of hydrogen-bond donors (Lipinski definition) is 0. The maximum absolute atomic E-state index is 6.00. The molecule has 1 aromatic heterocycles. The first-order valence-corrected chi connectivity index (χ1v) is 8.84. The highest BCUT2D eigenvalue weighted by molar-refractivity contribution is 6.30. The molecule has 0 saturated carbocycles. The molecule has 3 heterocycles. The van der Waals surface area contributed by atoms with E-state index in [0.29, 0.717) is 12.1 Å². The highest BCUT2D eigenvalue weighted by Crippen LogP contribution is 2.37. The summed E-state index contributed by atoms with van der Waals surface area (Å²) in [6.45, 7) is 3.03. The van der Waals surface area contributed by atoms with Crippen LogP contribution in [0.2, 0.25) is 5.02 Å².